The second-order valence-electron chi connectivity index (χ2n) is 12.7. The van der Waals surface area contributed by atoms with Crippen LogP contribution < -0.4 is 10.1 Å². The van der Waals surface area contributed by atoms with Gasteiger partial charge in [-0.2, -0.15) is 0 Å². The van der Waals surface area contributed by atoms with E-state index >= 15 is 0 Å². The highest BCUT2D eigenvalue weighted by atomic mass is 32.1. The number of esters is 3. The first-order valence-electron chi connectivity index (χ1n) is 17.9. The normalized spacial score (nSPS) is 19.0. The maximum Gasteiger partial charge on any atom is 0.338 e. The fraction of sp³-hybridized carbons (Fsp3) is 0.182. The summed E-state index contributed by atoms with van der Waals surface area (Å²) in [6.45, 7) is -0.250. The molecule has 0 unspecified atom stereocenters. The number of hydrogen-bond acceptors (Lipinski definition) is 12. The monoisotopic (exact) mass is 770 g/mol. The minimum atomic E-state index is -1.30. The maximum atomic E-state index is 13.9. The zero-order chi connectivity index (χ0) is 38.7. The molecule has 7 rings (SSSR count). The van der Waals surface area contributed by atoms with E-state index in [-0.39, 0.29) is 24.3 Å². The number of carbonyl (C=O) groups excluding carboxylic acids is 3. The molecule has 11 nitrogen and oxygen atoms in total. The lowest BCUT2D eigenvalue weighted by Gasteiger charge is -2.45. The smallest absolute Gasteiger partial charge is 0.338 e. The zero-order valence-electron chi connectivity index (χ0n) is 30.3. The summed E-state index contributed by atoms with van der Waals surface area (Å²) in [6.07, 6.45) is -4.83. The molecule has 0 radical (unpaired) electrons. The molecule has 1 N–H and O–H groups in total. The lowest BCUT2D eigenvalue weighted by Crippen LogP contribution is -2.64. The Hall–Kier alpha value is -6.34. The lowest BCUT2D eigenvalue weighted by atomic mass is 9.96. The molecule has 0 saturated carbocycles. The number of carbonyl (C=O) groups is 3. The summed E-state index contributed by atoms with van der Waals surface area (Å²) in [7, 11) is 1.60. The molecular weight excluding hydrogens is 733 g/mol. The van der Waals surface area contributed by atoms with Gasteiger partial charge in [-0.25, -0.2) is 19.4 Å². The van der Waals surface area contributed by atoms with Crippen molar-refractivity contribution in [1.82, 2.24) is 4.98 Å². The van der Waals surface area contributed by atoms with Crippen LogP contribution in [0.3, 0.4) is 0 Å². The molecule has 0 bridgehead atoms. The van der Waals surface area contributed by atoms with Crippen molar-refractivity contribution in [3.05, 3.63) is 173 Å². The van der Waals surface area contributed by atoms with Gasteiger partial charge in [-0.3, -0.25) is 0 Å². The van der Waals surface area contributed by atoms with Gasteiger partial charge in [-0.15, -0.1) is 11.3 Å². The molecule has 6 aromatic rings. The molecule has 2 heterocycles. The number of methoxy groups -OCH3 is 1. The summed E-state index contributed by atoms with van der Waals surface area (Å²) in [5.74, 6) is -1.28. The first kappa shape index (κ1) is 38.0. The third-order valence-corrected chi connectivity index (χ3v) is 9.75. The minimum absolute atomic E-state index is 0.114. The molecule has 56 heavy (non-hydrogen) atoms. The van der Waals surface area contributed by atoms with Crippen LogP contribution in [0.5, 0.6) is 5.75 Å². The van der Waals surface area contributed by atoms with Crippen molar-refractivity contribution in [3.8, 4) is 17.0 Å². The van der Waals surface area contributed by atoms with Crippen LogP contribution in [0.25, 0.3) is 11.3 Å². The van der Waals surface area contributed by atoms with Crippen molar-refractivity contribution in [3.63, 3.8) is 0 Å². The number of thiazole rings is 1. The number of nitrogens with one attached hydrogen (secondary N) is 1. The van der Waals surface area contributed by atoms with Gasteiger partial charge in [0.1, 0.15) is 24.5 Å². The number of benzene rings is 5. The molecule has 1 aliphatic heterocycles. The number of rotatable bonds is 14. The van der Waals surface area contributed by atoms with E-state index in [1.54, 1.807) is 98.1 Å². The Kier molecular flexibility index (Phi) is 12.4. The molecule has 284 valence electrons. The first-order chi connectivity index (χ1) is 27.4. The van der Waals surface area contributed by atoms with Crippen LogP contribution in [-0.2, 0) is 30.3 Å². The number of nitrogens with zero attached hydrogens (tertiary/aromatic N) is 1. The summed E-state index contributed by atoms with van der Waals surface area (Å²) in [4.78, 5) is 45.7. The summed E-state index contributed by atoms with van der Waals surface area (Å²) in [5.41, 5.74) is 3.25. The fourth-order valence-electron chi connectivity index (χ4n) is 6.09. The van der Waals surface area contributed by atoms with Gasteiger partial charge < -0.3 is 33.7 Å². The Morgan fingerprint density at radius 2 is 1.21 bits per heavy atom. The van der Waals surface area contributed by atoms with E-state index < -0.39 is 48.6 Å². The van der Waals surface area contributed by atoms with Gasteiger partial charge >= 0.3 is 17.9 Å². The predicted octanol–water partition coefficient (Wildman–Crippen LogP) is 7.85. The first-order valence-corrected chi connectivity index (χ1v) is 18.7. The van der Waals surface area contributed by atoms with Gasteiger partial charge in [0.2, 0.25) is 0 Å². The van der Waals surface area contributed by atoms with Gasteiger partial charge in [0.25, 0.3) is 0 Å². The van der Waals surface area contributed by atoms with Crippen LogP contribution in [0.4, 0.5) is 5.13 Å². The van der Waals surface area contributed by atoms with Crippen molar-refractivity contribution < 1.29 is 42.8 Å². The largest absolute Gasteiger partial charge is 0.497 e. The summed E-state index contributed by atoms with van der Waals surface area (Å²) in [6, 6.07) is 41.4. The standard InChI is InChI=1S/C44H38N2O9S/c1-50-34-24-22-30(23-25-34)35-28-56-44(45-35)46-37-39(55-42(49)33-20-12-5-13-21-33)38(54-41(48)32-18-10-4-11-19-32)36(27-51-40(47)31-16-8-3-9-17-31)53-43(37)52-26-29-14-6-2-7-15-29/h2-25,28,36-39,43H,26-27H2,1H3,(H,45,46)/t36-,37-,38-,39-,43-/m1/s1. The minimum Gasteiger partial charge on any atom is -0.497 e. The van der Waals surface area contributed by atoms with Crippen LogP contribution in [0, 0.1) is 0 Å². The number of aromatic nitrogens is 1. The summed E-state index contributed by atoms with van der Waals surface area (Å²) >= 11 is 1.32. The van der Waals surface area contributed by atoms with Gasteiger partial charge in [0.15, 0.2) is 23.6 Å². The second kappa shape index (κ2) is 18.3. The maximum absolute atomic E-state index is 13.9. The Bertz CT molecular complexity index is 2190. The van der Waals surface area contributed by atoms with E-state index in [1.807, 2.05) is 60.0 Å². The van der Waals surface area contributed by atoms with Crippen molar-refractivity contribution in [2.45, 2.75) is 37.3 Å². The molecule has 0 aliphatic carbocycles. The van der Waals surface area contributed by atoms with Gasteiger partial charge in [0, 0.05) is 10.9 Å². The van der Waals surface area contributed by atoms with Gasteiger partial charge in [-0.1, -0.05) is 84.9 Å². The van der Waals surface area contributed by atoms with Gasteiger partial charge in [-0.05, 0) is 66.2 Å². The average molecular weight is 771 g/mol. The van der Waals surface area contributed by atoms with Crippen molar-refractivity contribution in [2.75, 3.05) is 19.0 Å². The average Bonchev–Trinajstić information content (AvgIpc) is 3.73. The van der Waals surface area contributed by atoms with Crippen LogP contribution in [0.2, 0.25) is 0 Å². The van der Waals surface area contributed by atoms with Crippen molar-refractivity contribution in [1.29, 1.82) is 0 Å². The predicted molar refractivity (Wildman–Crippen MR) is 209 cm³/mol. The summed E-state index contributed by atoms with van der Waals surface area (Å²) in [5, 5.41) is 5.74. The van der Waals surface area contributed by atoms with E-state index in [4.69, 9.17) is 33.4 Å². The lowest BCUT2D eigenvalue weighted by molar-refractivity contribution is -0.264. The van der Waals surface area contributed by atoms with Gasteiger partial charge in [0.05, 0.1) is 36.1 Å². The zero-order valence-corrected chi connectivity index (χ0v) is 31.1. The highest BCUT2D eigenvalue weighted by Gasteiger charge is 2.52. The van der Waals surface area contributed by atoms with E-state index in [0.29, 0.717) is 22.1 Å². The fourth-order valence-corrected chi connectivity index (χ4v) is 6.86. The highest BCUT2D eigenvalue weighted by Crippen LogP contribution is 2.34. The second-order valence-corrected chi connectivity index (χ2v) is 13.6. The van der Waals surface area contributed by atoms with Crippen LogP contribution >= 0.6 is 11.3 Å². The van der Waals surface area contributed by atoms with E-state index in [9.17, 15) is 14.4 Å². The molecule has 5 atom stereocenters. The molecule has 1 aromatic heterocycles. The van der Waals surface area contributed by atoms with Crippen molar-refractivity contribution >= 4 is 34.4 Å². The number of anilines is 1. The quantitative estimate of drug-likeness (QED) is 0.0858. The van der Waals surface area contributed by atoms with E-state index in [2.05, 4.69) is 5.32 Å². The third kappa shape index (κ3) is 9.47. The molecule has 1 aliphatic rings. The third-order valence-electron chi connectivity index (χ3n) is 8.98. The Morgan fingerprint density at radius 1 is 0.679 bits per heavy atom. The molecule has 1 fully saturated rings. The van der Waals surface area contributed by atoms with E-state index in [1.165, 1.54) is 11.3 Å². The molecular formula is C44H38N2O9S. The summed E-state index contributed by atoms with van der Waals surface area (Å²) < 4.78 is 36.6. The SMILES string of the molecule is COc1ccc(-c2csc(N[C@H]3[C@H](OCc4ccccc4)O[C@H](COC(=O)c4ccccc4)[C@@H](OC(=O)c4ccccc4)[C@@H]3OC(=O)c3ccccc3)n2)cc1. The number of ether oxygens (including phenoxy) is 6. The molecule has 1 saturated heterocycles. The van der Waals surface area contributed by atoms with Crippen LogP contribution in [-0.4, -0.2) is 67.3 Å². The van der Waals surface area contributed by atoms with Crippen LogP contribution in [0.15, 0.2) is 151 Å². The Labute approximate surface area is 327 Å². The molecule has 0 amide bonds. The number of hydrogen-bond donors (Lipinski definition) is 1. The van der Waals surface area contributed by atoms with Crippen molar-refractivity contribution in [2.24, 2.45) is 0 Å². The molecule has 12 heteroatoms. The topological polar surface area (TPSA) is 132 Å². The molecule has 0 spiro atoms. The van der Waals surface area contributed by atoms with Crippen LogP contribution in [0.1, 0.15) is 36.6 Å². The Balaban J connectivity index is 1.27. The Morgan fingerprint density at radius 3 is 1.79 bits per heavy atom. The van der Waals surface area contributed by atoms with E-state index in [0.717, 1.165) is 11.1 Å². The highest BCUT2D eigenvalue weighted by molar-refractivity contribution is 7.14. The molecule has 5 aromatic carbocycles.